The summed E-state index contributed by atoms with van der Waals surface area (Å²) >= 11 is 0. The minimum absolute atomic E-state index is 0.246. The van der Waals surface area contributed by atoms with Gasteiger partial charge in [-0.25, -0.2) is 4.98 Å². The third kappa shape index (κ3) is 2.48. The Hall–Kier alpha value is -1.64. The molecule has 0 saturated carbocycles. The molecule has 16 heavy (non-hydrogen) atoms. The molecule has 1 aromatic heterocycles. The van der Waals surface area contributed by atoms with Crippen molar-refractivity contribution in [2.45, 2.75) is 19.4 Å². The SMILES string of the molecule is Cc1ccnc(NC(C)(CO)CO)c1C#N. The van der Waals surface area contributed by atoms with Gasteiger partial charge < -0.3 is 15.5 Å². The summed E-state index contributed by atoms with van der Waals surface area (Å²) in [5.41, 5.74) is 0.348. The van der Waals surface area contributed by atoms with Gasteiger partial charge in [-0.3, -0.25) is 0 Å². The minimum atomic E-state index is -0.883. The third-order valence-electron chi connectivity index (χ3n) is 2.39. The number of nitrogens with one attached hydrogen (secondary N) is 1. The Kier molecular flexibility index (Phi) is 3.82. The minimum Gasteiger partial charge on any atom is -0.394 e. The Morgan fingerprint density at radius 1 is 1.50 bits per heavy atom. The van der Waals surface area contributed by atoms with E-state index in [0.29, 0.717) is 11.4 Å². The number of aliphatic hydroxyl groups is 2. The monoisotopic (exact) mass is 221 g/mol. The van der Waals surface area contributed by atoms with E-state index in [2.05, 4.69) is 10.3 Å². The second-order valence-electron chi connectivity index (χ2n) is 3.97. The Balaban J connectivity index is 3.07. The first kappa shape index (κ1) is 12.4. The van der Waals surface area contributed by atoms with Crippen LogP contribution in [0.2, 0.25) is 0 Å². The van der Waals surface area contributed by atoms with Crippen LogP contribution in [0.4, 0.5) is 5.82 Å². The average Bonchev–Trinajstić information content (AvgIpc) is 2.29. The molecule has 1 rings (SSSR count). The van der Waals surface area contributed by atoms with Crippen molar-refractivity contribution in [2.75, 3.05) is 18.5 Å². The largest absolute Gasteiger partial charge is 0.394 e. The number of aromatic nitrogens is 1. The van der Waals surface area contributed by atoms with Crippen LogP contribution in [-0.2, 0) is 0 Å². The van der Waals surface area contributed by atoms with Crippen molar-refractivity contribution in [1.29, 1.82) is 5.26 Å². The Morgan fingerprint density at radius 3 is 2.62 bits per heavy atom. The molecule has 0 aromatic carbocycles. The number of anilines is 1. The van der Waals surface area contributed by atoms with E-state index in [9.17, 15) is 0 Å². The highest BCUT2D eigenvalue weighted by Gasteiger charge is 2.24. The fraction of sp³-hybridized carbons (Fsp3) is 0.455. The van der Waals surface area contributed by atoms with Gasteiger partial charge in [0, 0.05) is 6.20 Å². The maximum absolute atomic E-state index is 9.15. The van der Waals surface area contributed by atoms with Crippen LogP contribution in [0.15, 0.2) is 12.3 Å². The lowest BCUT2D eigenvalue weighted by Gasteiger charge is -2.27. The Labute approximate surface area is 94.4 Å². The molecule has 0 spiro atoms. The molecule has 0 atom stereocenters. The van der Waals surface area contributed by atoms with E-state index in [0.717, 1.165) is 5.56 Å². The summed E-state index contributed by atoms with van der Waals surface area (Å²) in [5.74, 6) is 0.383. The van der Waals surface area contributed by atoms with E-state index in [-0.39, 0.29) is 13.2 Å². The van der Waals surface area contributed by atoms with Gasteiger partial charge in [-0.05, 0) is 25.5 Å². The lowest BCUT2D eigenvalue weighted by atomic mass is 10.0. The van der Waals surface area contributed by atoms with Crippen LogP contribution >= 0.6 is 0 Å². The van der Waals surface area contributed by atoms with E-state index in [1.807, 2.05) is 6.07 Å². The van der Waals surface area contributed by atoms with Gasteiger partial charge in [0.25, 0.3) is 0 Å². The fourth-order valence-corrected chi connectivity index (χ4v) is 1.21. The molecule has 1 heterocycles. The van der Waals surface area contributed by atoms with Gasteiger partial charge in [0.1, 0.15) is 11.9 Å². The third-order valence-corrected chi connectivity index (χ3v) is 2.39. The smallest absolute Gasteiger partial charge is 0.144 e. The zero-order valence-corrected chi connectivity index (χ0v) is 9.36. The molecule has 0 aliphatic rings. The van der Waals surface area contributed by atoms with Crippen LogP contribution in [-0.4, -0.2) is 33.9 Å². The molecule has 0 bridgehead atoms. The maximum atomic E-state index is 9.15. The van der Waals surface area contributed by atoms with Crippen molar-refractivity contribution >= 4 is 5.82 Å². The number of aliphatic hydroxyl groups excluding tert-OH is 2. The van der Waals surface area contributed by atoms with Crippen molar-refractivity contribution in [1.82, 2.24) is 4.98 Å². The van der Waals surface area contributed by atoms with E-state index in [1.165, 1.54) is 0 Å². The highest BCUT2D eigenvalue weighted by atomic mass is 16.3. The van der Waals surface area contributed by atoms with E-state index < -0.39 is 5.54 Å². The van der Waals surface area contributed by atoms with E-state index in [4.69, 9.17) is 15.5 Å². The first-order chi connectivity index (χ1) is 7.56. The summed E-state index contributed by atoms with van der Waals surface area (Å²) in [4.78, 5) is 4.04. The summed E-state index contributed by atoms with van der Waals surface area (Å²) in [6, 6.07) is 3.78. The van der Waals surface area contributed by atoms with Crippen LogP contribution in [0.1, 0.15) is 18.1 Å². The lowest BCUT2D eigenvalue weighted by molar-refractivity contribution is 0.147. The normalized spacial score (nSPS) is 10.9. The molecule has 0 fully saturated rings. The molecule has 5 nitrogen and oxygen atoms in total. The molecule has 3 N–H and O–H groups in total. The average molecular weight is 221 g/mol. The molecule has 0 saturated heterocycles. The van der Waals surface area contributed by atoms with Crippen LogP contribution in [0, 0.1) is 18.3 Å². The fourth-order valence-electron chi connectivity index (χ4n) is 1.21. The molecule has 86 valence electrons. The van der Waals surface area contributed by atoms with Gasteiger partial charge in [0.2, 0.25) is 0 Å². The molecular weight excluding hydrogens is 206 g/mol. The topological polar surface area (TPSA) is 89.2 Å². The highest BCUT2D eigenvalue weighted by Crippen LogP contribution is 2.19. The van der Waals surface area contributed by atoms with Crippen LogP contribution in [0.5, 0.6) is 0 Å². The van der Waals surface area contributed by atoms with E-state index >= 15 is 0 Å². The number of rotatable bonds is 4. The first-order valence-electron chi connectivity index (χ1n) is 4.92. The van der Waals surface area contributed by atoms with Crippen molar-refractivity contribution in [3.63, 3.8) is 0 Å². The number of nitrogens with zero attached hydrogens (tertiary/aromatic N) is 2. The van der Waals surface area contributed by atoms with Gasteiger partial charge in [-0.2, -0.15) is 5.26 Å². The van der Waals surface area contributed by atoms with Crippen LogP contribution in [0.3, 0.4) is 0 Å². The summed E-state index contributed by atoms with van der Waals surface area (Å²) in [7, 11) is 0. The maximum Gasteiger partial charge on any atom is 0.144 e. The van der Waals surface area contributed by atoms with Gasteiger partial charge >= 0.3 is 0 Å². The number of pyridine rings is 1. The Morgan fingerprint density at radius 2 is 2.12 bits per heavy atom. The second kappa shape index (κ2) is 4.92. The number of nitriles is 1. The summed E-state index contributed by atoms with van der Waals surface area (Å²) in [6.45, 7) is 2.97. The van der Waals surface area contributed by atoms with Gasteiger partial charge in [-0.15, -0.1) is 0 Å². The van der Waals surface area contributed by atoms with Gasteiger partial charge in [0.15, 0.2) is 0 Å². The number of aryl methyl sites for hydroxylation is 1. The van der Waals surface area contributed by atoms with Crippen LogP contribution < -0.4 is 5.32 Å². The first-order valence-corrected chi connectivity index (χ1v) is 4.92. The van der Waals surface area contributed by atoms with Crippen molar-refractivity contribution in [3.05, 3.63) is 23.4 Å². The second-order valence-corrected chi connectivity index (χ2v) is 3.97. The highest BCUT2D eigenvalue weighted by molar-refractivity contribution is 5.56. The quantitative estimate of drug-likeness (QED) is 0.685. The summed E-state index contributed by atoms with van der Waals surface area (Å²) in [5, 5.41) is 30.2. The van der Waals surface area contributed by atoms with E-state index in [1.54, 1.807) is 26.1 Å². The molecule has 0 amide bonds. The Bertz CT molecular complexity index is 408. The van der Waals surface area contributed by atoms with Crippen molar-refractivity contribution in [3.8, 4) is 6.07 Å². The molecule has 0 unspecified atom stereocenters. The van der Waals surface area contributed by atoms with Crippen molar-refractivity contribution in [2.24, 2.45) is 0 Å². The molecule has 5 heteroatoms. The zero-order valence-electron chi connectivity index (χ0n) is 9.36. The molecule has 0 aliphatic heterocycles. The zero-order chi connectivity index (χ0) is 12.2. The van der Waals surface area contributed by atoms with Crippen molar-refractivity contribution < 1.29 is 10.2 Å². The summed E-state index contributed by atoms with van der Waals surface area (Å²) < 4.78 is 0. The molecule has 1 aromatic rings. The van der Waals surface area contributed by atoms with Crippen LogP contribution in [0.25, 0.3) is 0 Å². The van der Waals surface area contributed by atoms with Gasteiger partial charge in [-0.1, -0.05) is 0 Å². The number of hydrogen-bond donors (Lipinski definition) is 3. The lowest BCUT2D eigenvalue weighted by Crippen LogP contribution is -2.43. The molecule has 0 radical (unpaired) electrons. The molecular formula is C11H15N3O2. The predicted octanol–water partition coefficient (Wildman–Crippen LogP) is 0.417. The predicted molar refractivity (Wildman–Crippen MR) is 59.9 cm³/mol. The van der Waals surface area contributed by atoms with Gasteiger partial charge in [0.05, 0.1) is 24.3 Å². The molecule has 0 aliphatic carbocycles. The number of hydrogen-bond acceptors (Lipinski definition) is 5. The summed E-state index contributed by atoms with van der Waals surface area (Å²) in [6.07, 6.45) is 1.58. The standard InChI is InChI=1S/C11H15N3O2/c1-8-3-4-13-10(9(8)5-12)14-11(2,6-15)7-16/h3-4,15-16H,6-7H2,1-2H3,(H,13,14).